The van der Waals surface area contributed by atoms with Gasteiger partial charge >= 0.3 is 0 Å². The summed E-state index contributed by atoms with van der Waals surface area (Å²) in [7, 11) is 0. The van der Waals surface area contributed by atoms with Gasteiger partial charge in [0.15, 0.2) is 5.82 Å². The lowest BCUT2D eigenvalue weighted by atomic mass is 9.78. The van der Waals surface area contributed by atoms with Crippen LogP contribution in [0.5, 0.6) is 0 Å². The molecule has 21 heavy (non-hydrogen) atoms. The van der Waals surface area contributed by atoms with Crippen molar-refractivity contribution in [2.75, 3.05) is 6.26 Å². The Balaban J connectivity index is 1.78. The Morgan fingerprint density at radius 3 is 2.76 bits per heavy atom. The average Bonchev–Trinajstić information content (AvgIpc) is 2.89. The Morgan fingerprint density at radius 1 is 1.38 bits per heavy atom. The Hall–Kier alpha value is -1.04. The van der Waals surface area contributed by atoms with Crippen molar-refractivity contribution >= 4 is 17.7 Å². The Kier molecular flexibility index (Phi) is 6.08. The van der Waals surface area contributed by atoms with E-state index in [4.69, 9.17) is 4.52 Å². The van der Waals surface area contributed by atoms with E-state index < -0.39 is 0 Å². The van der Waals surface area contributed by atoms with Crippen LogP contribution in [0.1, 0.15) is 51.2 Å². The monoisotopic (exact) mass is 311 g/mol. The zero-order valence-electron chi connectivity index (χ0n) is 13.1. The van der Waals surface area contributed by atoms with Crippen LogP contribution in [0.15, 0.2) is 4.52 Å². The molecule has 118 valence electrons. The van der Waals surface area contributed by atoms with Crippen molar-refractivity contribution < 1.29 is 9.32 Å². The number of hydrogen-bond acceptors (Lipinski definition) is 5. The lowest BCUT2D eigenvalue weighted by Gasteiger charge is -2.35. The molecule has 1 aliphatic carbocycles. The third-order valence-corrected chi connectivity index (χ3v) is 4.77. The molecule has 1 aromatic rings. The van der Waals surface area contributed by atoms with E-state index in [2.05, 4.69) is 29.3 Å². The van der Waals surface area contributed by atoms with Crippen LogP contribution in [0.2, 0.25) is 0 Å². The Bertz CT molecular complexity index is 454. The molecule has 0 unspecified atom stereocenters. The maximum absolute atomic E-state index is 12.1. The summed E-state index contributed by atoms with van der Waals surface area (Å²) >= 11 is 1.65. The number of aryl methyl sites for hydroxylation is 1. The molecule has 1 saturated carbocycles. The molecular formula is C15H25N3O2S. The molecule has 0 radical (unpaired) electrons. The van der Waals surface area contributed by atoms with Crippen LogP contribution in [-0.4, -0.2) is 28.3 Å². The summed E-state index contributed by atoms with van der Waals surface area (Å²) in [5.74, 6) is 3.22. The Morgan fingerprint density at radius 2 is 2.10 bits per heavy atom. The average molecular weight is 311 g/mol. The van der Waals surface area contributed by atoms with Gasteiger partial charge in [0.25, 0.3) is 0 Å². The van der Waals surface area contributed by atoms with Gasteiger partial charge in [-0.1, -0.05) is 25.4 Å². The molecule has 1 aliphatic rings. The number of carbonyl (C=O) groups is 1. The summed E-state index contributed by atoms with van der Waals surface area (Å²) in [4.78, 5) is 16.4. The third-order valence-electron chi connectivity index (χ3n) is 4.22. The van der Waals surface area contributed by atoms with Gasteiger partial charge in [-0.05, 0) is 30.9 Å². The van der Waals surface area contributed by atoms with Crippen LogP contribution in [0.25, 0.3) is 0 Å². The molecule has 2 atom stereocenters. The summed E-state index contributed by atoms with van der Waals surface area (Å²) in [6.07, 6.45) is 6.61. The number of hydrogen-bond donors (Lipinski definition) is 1. The first kappa shape index (κ1) is 16.3. The lowest BCUT2D eigenvalue weighted by Crippen LogP contribution is -2.45. The van der Waals surface area contributed by atoms with E-state index in [1.165, 1.54) is 19.3 Å². The second kappa shape index (κ2) is 7.82. The van der Waals surface area contributed by atoms with E-state index in [0.717, 1.165) is 5.75 Å². The standard InChI is InChI=1S/C15H25N3O2S/c1-10-5-4-6-11(2)15(10)17-13(19)7-8-14-16-12(9-21-3)18-20-14/h10-11,15H,4-9H2,1-3H3,(H,17,19)/t10-,11-/m0/s1. The van der Waals surface area contributed by atoms with Crippen molar-refractivity contribution in [1.29, 1.82) is 0 Å². The number of nitrogens with one attached hydrogen (secondary N) is 1. The predicted molar refractivity (Wildman–Crippen MR) is 83.9 cm³/mol. The van der Waals surface area contributed by atoms with Gasteiger partial charge in [0.1, 0.15) is 0 Å². The minimum Gasteiger partial charge on any atom is -0.353 e. The van der Waals surface area contributed by atoms with E-state index in [0.29, 0.717) is 42.4 Å². The van der Waals surface area contributed by atoms with Crippen LogP contribution in [0.3, 0.4) is 0 Å². The molecule has 1 aromatic heterocycles. The van der Waals surface area contributed by atoms with Crippen LogP contribution in [0, 0.1) is 11.8 Å². The molecular weight excluding hydrogens is 286 g/mol. The highest BCUT2D eigenvalue weighted by atomic mass is 32.2. The highest BCUT2D eigenvalue weighted by Crippen LogP contribution is 2.28. The second-order valence-corrected chi connectivity index (χ2v) is 6.88. The zero-order valence-corrected chi connectivity index (χ0v) is 13.9. The molecule has 0 aromatic carbocycles. The third kappa shape index (κ3) is 4.73. The van der Waals surface area contributed by atoms with E-state index in [1.807, 2.05) is 6.26 Å². The summed E-state index contributed by atoms with van der Waals surface area (Å²) in [5, 5.41) is 7.07. The molecule has 6 heteroatoms. The molecule has 1 amide bonds. The normalized spacial score (nSPS) is 23.2. The van der Waals surface area contributed by atoms with Crippen molar-refractivity contribution in [1.82, 2.24) is 15.5 Å². The summed E-state index contributed by atoms with van der Waals surface area (Å²) in [6, 6.07) is 0.306. The lowest BCUT2D eigenvalue weighted by molar-refractivity contribution is -0.122. The molecule has 2 rings (SSSR count). The molecule has 1 heterocycles. The van der Waals surface area contributed by atoms with Gasteiger partial charge in [-0.15, -0.1) is 0 Å². The quantitative estimate of drug-likeness (QED) is 0.875. The number of carbonyl (C=O) groups excluding carboxylic acids is 1. The SMILES string of the molecule is CSCc1noc(CCC(=O)NC2[C@@H](C)CCC[C@@H]2C)n1. The van der Waals surface area contributed by atoms with Crippen LogP contribution >= 0.6 is 11.8 Å². The fraction of sp³-hybridized carbons (Fsp3) is 0.800. The molecule has 0 spiro atoms. The maximum Gasteiger partial charge on any atom is 0.227 e. The van der Waals surface area contributed by atoms with E-state index >= 15 is 0 Å². The number of nitrogens with zero attached hydrogens (tertiary/aromatic N) is 2. The predicted octanol–water partition coefficient (Wildman–Crippen LogP) is 2.81. The van der Waals surface area contributed by atoms with E-state index in [1.54, 1.807) is 11.8 Å². The molecule has 1 N–H and O–H groups in total. The maximum atomic E-state index is 12.1. The van der Waals surface area contributed by atoms with Crippen LogP contribution in [0.4, 0.5) is 0 Å². The topological polar surface area (TPSA) is 68.0 Å². The first-order valence-corrected chi connectivity index (χ1v) is 9.09. The van der Waals surface area contributed by atoms with Gasteiger partial charge in [0, 0.05) is 18.9 Å². The second-order valence-electron chi connectivity index (χ2n) is 6.02. The van der Waals surface area contributed by atoms with E-state index in [9.17, 15) is 4.79 Å². The molecule has 5 nitrogen and oxygen atoms in total. The Labute approximate surface area is 130 Å². The minimum atomic E-state index is 0.0882. The van der Waals surface area contributed by atoms with Crippen molar-refractivity contribution in [3.05, 3.63) is 11.7 Å². The number of rotatable bonds is 6. The van der Waals surface area contributed by atoms with Crippen molar-refractivity contribution in [3.63, 3.8) is 0 Å². The smallest absolute Gasteiger partial charge is 0.227 e. The van der Waals surface area contributed by atoms with Gasteiger partial charge in [-0.25, -0.2) is 0 Å². The van der Waals surface area contributed by atoms with Gasteiger partial charge in [0.2, 0.25) is 11.8 Å². The van der Waals surface area contributed by atoms with Crippen molar-refractivity contribution in [3.8, 4) is 0 Å². The first-order chi connectivity index (χ1) is 10.1. The van der Waals surface area contributed by atoms with Gasteiger partial charge in [-0.2, -0.15) is 16.7 Å². The van der Waals surface area contributed by atoms with Crippen LogP contribution in [-0.2, 0) is 17.0 Å². The fourth-order valence-electron chi connectivity index (χ4n) is 3.02. The fourth-order valence-corrected chi connectivity index (χ4v) is 3.40. The van der Waals surface area contributed by atoms with E-state index in [-0.39, 0.29) is 5.91 Å². The zero-order chi connectivity index (χ0) is 15.2. The molecule has 0 bridgehead atoms. The summed E-state index contributed by atoms with van der Waals surface area (Å²) in [5.41, 5.74) is 0. The summed E-state index contributed by atoms with van der Waals surface area (Å²) in [6.45, 7) is 4.46. The van der Waals surface area contributed by atoms with Gasteiger partial charge in [-0.3, -0.25) is 4.79 Å². The summed E-state index contributed by atoms with van der Waals surface area (Å²) < 4.78 is 5.15. The largest absolute Gasteiger partial charge is 0.353 e. The highest BCUT2D eigenvalue weighted by molar-refractivity contribution is 7.97. The molecule has 1 fully saturated rings. The van der Waals surface area contributed by atoms with Crippen molar-refractivity contribution in [2.45, 2.75) is 57.7 Å². The molecule has 0 saturated heterocycles. The van der Waals surface area contributed by atoms with Gasteiger partial charge < -0.3 is 9.84 Å². The molecule has 0 aliphatic heterocycles. The number of thioether (sulfide) groups is 1. The van der Waals surface area contributed by atoms with Crippen molar-refractivity contribution in [2.24, 2.45) is 11.8 Å². The van der Waals surface area contributed by atoms with Crippen LogP contribution < -0.4 is 5.32 Å². The number of aromatic nitrogens is 2. The minimum absolute atomic E-state index is 0.0882. The number of amides is 1. The van der Waals surface area contributed by atoms with Gasteiger partial charge in [0.05, 0.1) is 5.75 Å². The first-order valence-electron chi connectivity index (χ1n) is 7.70. The highest BCUT2D eigenvalue weighted by Gasteiger charge is 2.28.